The number of amides is 7. The molecule has 0 unspecified atom stereocenters. The lowest BCUT2D eigenvalue weighted by molar-refractivity contribution is -0.136. The highest BCUT2D eigenvalue weighted by atomic mass is 16.2. The minimum atomic E-state index is -1.82. The Balaban J connectivity index is 1.05. The number of unbranched alkanes of at least 4 members (excludes halogenated alkanes) is 1. The van der Waals surface area contributed by atoms with Crippen LogP contribution in [0, 0.1) is 0 Å². The Morgan fingerprint density at radius 1 is 0.379 bits per heavy atom. The number of primary amides is 1. The number of aryl methyl sites for hydroxylation is 6. The number of aromatic nitrogens is 18. The van der Waals surface area contributed by atoms with Crippen LogP contribution in [-0.4, -0.2) is 177 Å². The van der Waals surface area contributed by atoms with Gasteiger partial charge in [0.25, 0.3) is 16.7 Å². The number of H-pyrrole nitrogens is 3. The Kier molecular flexibility index (Phi) is 23.7. The number of carbonyl (C=O) groups excluding carboxylic acids is 7. The standard InChI is InChI=1S/C57H75N33O13/c58-13-2-1-3-27(39(63)91)70-44(93)29(5-15-85-20-10-33(60)76-55(85)101)72-46(95)31(7-17-87-22-12-35(62)78-57(87)103)74-48(97)32(9-19-90-25-69-38-42(90)81-54(66)84-51(38)100)75-47(96)30(6-16-86-21-11-34(61)77-56(86)102)73-45(94)28(8-18-89-24-68-37-41(89)80-53(65)83-50(37)99)71-43(92)26(59)4-14-88-23-67-36-40(88)79-52(64)82-49(36)98/h10-12,20-32H,1-9,13-19,58-59H2,(H2,63,91)(H,70,93)(H,71,92)(H,72,95)(H,73,94)(H,74,97)(H,75,96)(H2,60,76,101)(H2,61,77,102)(H2,62,78,103)(H3,64,79,82,98)(H3,65,80,83,99)(H3,66,81,84,100)/t26-,27-,28-,29-,30-,31-,32-/m1/s1. The molecule has 0 spiro atoms. The number of carbonyl (C=O) groups is 7. The average Bonchev–Trinajstić information content (AvgIpc) is 1.55. The summed E-state index contributed by atoms with van der Waals surface area (Å²) in [6.07, 6.45) is 5.97. The molecular weight excluding hydrogens is 1350 g/mol. The lowest BCUT2D eigenvalue weighted by atomic mass is 10.1. The molecular formula is C57H75N33O13. The smallest absolute Gasteiger partial charge is 0.349 e. The fourth-order valence-electron chi connectivity index (χ4n) is 10.8. The molecule has 7 amide bonds. The number of rotatable bonds is 35. The number of anilines is 6. The quantitative estimate of drug-likeness (QED) is 0.0164. The van der Waals surface area contributed by atoms with Crippen molar-refractivity contribution in [2.24, 2.45) is 17.2 Å². The molecule has 546 valence electrons. The zero-order chi connectivity index (χ0) is 74.3. The average molecular weight is 1430 g/mol. The molecule has 0 aromatic carbocycles. The third kappa shape index (κ3) is 18.9. The molecule has 7 atom stereocenters. The number of fused-ring (bicyclic) bond motifs is 3. The van der Waals surface area contributed by atoms with E-state index in [2.05, 4.69) is 91.7 Å². The van der Waals surface area contributed by atoms with Gasteiger partial charge in [0.15, 0.2) is 33.5 Å². The van der Waals surface area contributed by atoms with E-state index in [0.717, 1.165) is 13.7 Å². The van der Waals surface area contributed by atoms with E-state index in [9.17, 15) is 43.2 Å². The molecule has 9 aromatic heterocycles. The van der Waals surface area contributed by atoms with Gasteiger partial charge in [-0.15, -0.1) is 0 Å². The van der Waals surface area contributed by atoms with E-state index < -0.39 is 143 Å². The summed E-state index contributed by atoms with van der Waals surface area (Å²) in [4.78, 5) is 223. The first-order valence-corrected chi connectivity index (χ1v) is 31.8. The van der Waals surface area contributed by atoms with Crippen molar-refractivity contribution in [2.75, 3.05) is 40.9 Å². The van der Waals surface area contributed by atoms with Gasteiger partial charge in [0.1, 0.15) is 53.7 Å². The molecule has 9 heterocycles. The highest BCUT2D eigenvalue weighted by molar-refractivity contribution is 5.97. The van der Waals surface area contributed by atoms with Gasteiger partial charge in [-0.25, -0.2) is 29.3 Å². The molecule has 0 fully saturated rings. The van der Waals surface area contributed by atoms with Gasteiger partial charge in [0, 0.05) is 57.9 Å². The number of nitrogens with zero attached hydrogens (tertiary/aromatic N) is 15. The first-order valence-electron chi connectivity index (χ1n) is 31.8. The number of hydrogen-bond acceptors (Lipinski definition) is 30. The van der Waals surface area contributed by atoms with Crippen LogP contribution >= 0.6 is 0 Å². The number of nitrogens with one attached hydrogen (secondary N) is 9. The minimum Gasteiger partial charge on any atom is -0.383 e. The lowest BCUT2D eigenvalue weighted by Crippen LogP contribution is -2.60. The van der Waals surface area contributed by atoms with Crippen molar-refractivity contribution in [2.45, 2.75) is 139 Å². The van der Waals surface area contributed by atoms with Gasteiger partial charge in [0.2, 0.25) is 59.2 Å². The van der Waals surface area contributed by atoms with Crippen LogP contribution in [-0.2, 0) is 72.8 Å². The fraction of sp³-hybridized carbons (Fsp3) is 0.404. The number of nitrogen functional groups attached to an aromatic ring is 6. The van der Waals surface area contributed by atoms with Gasteiger partial charge in [-0.1, -0.05) is 0 Å². The first-order chi connectivity index (χ1) is 49.1. The largest absolute Gasteiger partial charge is 0.383 e. The van der Waals surface area contributed by atoms with Crippen molar-refractivity contribution in [1.82, 2.24) is 119 Å². The summed E-state index contributed by atoms with van der Waals surface area (Å²) in [7, 11) is 0. The molecule has 0 radical (unpaired) electrons. The van der Waals surface area contributed by atoms with Gasteiger partial charge in [-0.2, -0.15) is 29.9 Å². The molecule has 0 aliphatic heterocycles. The molecule has 0 saturated heterocycles. The molecule has 0 aliphatic rings. The van der Waals surface area contributed by atoms with E-state index in [0.29, 0.717) is 12.8 Å². The lowest BCUT2D eigenvalue weighted by Gasteiger charge is -2.28. The van der Waals surface area contributed by atoms with Crippen molar-refractivity contribution >= 4 is 110 Å². The normalized spacial score (nSPS) is 13.5. The van der Waals surface area contributed by atoms with Crippen molar-refractivity contribution in [3.8, 4) is 0 Å². The molecule has 0 aliphatic carbocycles. The molecule has 46 nitrogen and oxygen atoms in total. The summed E-state index contributed by atoms with van der Waals surface area (Å²) in [6, 6.07) is -7.50. The van der Waals surface area contributed by atoms with Gasteiger partial charge in [0.05, 0.1) is 25.0 Å². The van der Waals surface area contributed by atoms with E-state index in [1.165, 1.54) is 69.5 Å². The fourth-order valence-corrected chi connectivity index (χ4v) is 10.8. The molecule has 46 heteroatoms. The topological polar surface area (TPSA) is 721 Å². The zero-order valence-corrected chi connectivity index (χ0v) is 54.8. The number of hydrogen-bond donors (Lipinski definition) is 18. The molecule has 0 saturated carbocycles. The zero-order valence-electron chi connectivity index (χ0n) is 54.8. The number of imidazole rings is 3. The van der Waals surface area contributed by atoms with Crippen molar-refractivity contribution in [1.29, 1.82) is 0 Å². The highest BCUT2D eigenvalue weighted by Crippen LogP contribution is 2.15. The highest BCUT2D eigenvalue weighted by Gasteiger charge is 2.35. The van der Waals surface area contributed by atoms with Crippen LogP contribution in [0.1, 0.15) is 57.8 Å². The van der Waals surface area contributed by atoms with E-state index in [1.54, 1.807) is 0 Å². The second-order valence-electron chi connectivity index (χ2n) is 23.6. The van der Waals surface area contributed by atoms with Crippen LogP contribution < -0.4 is 117 Å². The van der Waals surface area contributed by atoms with Gasteiger partial charge >= 0.3 is 17.1 Å². The predicted molar refractivity (Wildman–Crippen MR) is 366 cm³/mol. The number of aromatic amines is 3. The van der Waals surface area contributed by atoms with E-state index in [1.807, 2.05) is 0 Å². The van der Waals surface area contributed by atoms with Gasteiger partial charge in [-0.05, 0) is 82.5 Å². The predicted octanol–water partition coefficient (Wildman–Crippen LogP) is -9.16. The third-order valence-electron chi connectivity index (χ3n) is 16.2. The SMILES string of the molecule is NCCCC[C@@H](NC(=O)[C@@H](CCn1ccc(N)nc1=O)NC(=O)[C@@H](CCn1ccc(N)nc1=O)NC(=O)[C@@H](CCn1cnc2c(=O)[nH]c(N)nc21)NC(=O)[C@@H](CCn1ccc(N)nc1=O)NC(=O)[C@@H](CCn1cnc2c(=O)[nH]c(N)nc21)NC(=O)[C@H](N)CCn1cnc2c(=O)[nH]c(N)nc21)C(N)=O. The van der Waals surface area contributed by atoms with Gasteiger partial charge in [-0.3, -0.25) is 76.6 Å². The maximum absolute atomic E-state index is 15.3. The van der Waals surface area contributed by atoms with E-state index >= 15 is 19.2 Å². The van der Waals surface area contributed by atoms with Crippen LogP contribution in [0.25, 0.3) is 33.5 Å². The number of nitrogens with two attached hydrogens (primary N) is 9. The maximum atomic E-state index is 15.3. The monoisotopic (exact) mass is 1430 g/mol. The summed E-state index contributed by atoms with van der Waals surface area (Å²) >= 11 is 0. The summed E-state index contributed by atoms with van der Waals surface area (Å²) in [5, 5.41) is 15.6. The van der Waals surface area contributed by atoms with E-state index in [-0.39, 0.29) is 134 Å². The molecule has 103 heavy (non-hydrogen) atoms. The summed E-state index contributed by atoms with van der Waals surface area (Å²) < 4.78 is 7.26. The molecule has 9 rings (SSSR count). The third-order valence-corrected chi connectivity index (χ3v) is 16.2. The Bertz CT molecular complexity index is 5030. The molecule has 0 bridgehead atoms. The van der Waals surface area contributed by atoms with E-state index in [4.69, 9.17) is 51.6 Å². The maximum Gasteiger partial charge on any atom is 0.349 e. The Hall–Kier alpha value is -13.3. The summed E-state index contributed by atoms with van der Waals surface area (Å²) in [5.41, 5.74) is 47.7. The minimum absolute atomic E-state index is 0.0163. The summed E-state index contributed by atoms with van der Waals surface area (Å²) in [6.45, 7) is -1.43. The van der Waals surface area contributed by atoms with Crippen molar-refractivity contribution < 1.29 is 33.6 Å². The van der Waals surface area contributed by atoms with Crippen LogP contribution in [0.15, 0.2) is 84.5 Å². The second-order valence-corrected chi connectivity index (χ2v) is 23.6. The van der Waals surface area contributed by atoms with Crippen LogP contribution in [0.5, 0.6) is 0 Å². The van der Waals surface area contributed by atoms with Gasteiger partial charge < -0.3 is 97.2 Å². The van der Waals surface area contributed by atoms with Crippen molar-refractivity contribution in [3.63, 3.8) is 0 Å². The van der Waals surface area contributed by atoms with Crippen molar-refractivity contribution in [3.05, 3.63) is 118 Å². The van der Waals surface area contributed by atoms with Crippen LogP contribution in [0.2, 0.25) is 0 Å². The summed E-state index contributed by atoms with van der Waals surface area (Å²) in [5.74, 6) is -8.56. The second kappa shape index (κ2) is 33.0. The Morgan fingerprint density at radius 2 is 0.660 bits per heavy atom. The Morgan fingerprint density at radius 3 is 0.951 bits per heavy atom. The molecule has 9 aromatic rings. The Labute approximate surface area is 576 Å². The molecule has 27 N–H and O–H groups in total. The van der Waals surface area contributed by atoms with Crippen LogP contribution in [0.3, 0.4) is 0 Å². The van der Waals surface area contributed by atoms with Crippen LogP contribution in [0.4, 0.5) is 35.3 Å². The first kappa shape index (κ1) is 73.9.